The normalized spacial score (nSPS) is 20.0. The van der Waals surface area contributed by atoms with E-state index in [9.17, 15) is 4.79 Å². The third-order valence-corrected chi connectivity index (χ3v) is 6.37. The lowest BCUT2D eigenvalue weighted by Gasteiger charge is -2.31. The number of hydrogen-bond acceptors (Lipinski definition) is 6. The monoisotopic (exact) mass is 494 g/mol. The molecule has 1 saturated heterocycles. The summed E-state index contributed by atoms with van der Waals surface area (Å²) in [5, 5.41) is 1.91. The number of carbonyl (C=O) groups excluding carboxylic acids is 1. The number of hydrogen-bond donors (Lipinski definition) is 1. The second kappa shape index (κ2) is 8.44. The first-order valence-corrected chi connectivity index (χ1v) is 11.2. The molecule has 1 N–H and O–H groups in total. The van der Waals surface area contributed by atoms with Crippen LogP contribution in [0.4, 0.5) is 0 Å². The highest BCUT2D eigenvalue weighted by atomic mass is 79.9. The maximum absolute atomic E-state index is 13.2. The Kier molecular flexibility index (Phi) is 5.48. The fourth-order valence-electron chi connectivity index (χ4n) is 4.17. The van der Waals surface area contributed by atoms with Crippen molar-refractivity contribution in [2.45, 2.75) is 32.0 Å². The molecule has 1 fully saturated rings. The molecule has 3 heterocycles. The van der Waals surface area contributed by atoms with Gasteiger partial charge in [0, 0.05) is 16.9 Å². The number of benzene rings is 2. The number of aromatic nitrogens is 1. The summed E-state index contributed by atoms with van der Waals surface area (Å²) in [6, 6.07) is 15.7. The van der Waals surface area contributed by atoms with Crippen LogP contribution in [0.2, 0.25) is 0 Å². The van der Waals surface area contributed by atoms with Crippen LogP contribution >= 0.6 is 15.9 Å². The van der Waals surface area contributed by atoms with Gasteiger partial charge in [-0.05, 0) is 37.1 Å². The van der Waals surface area contributed by atoms with Crippen LogP contribution in [-0.2, 0) is 11.3 Å². The molecule has 32 heavy (non-hydrogen) atoms. The predicted molar refractivity (Wildman–Crippen MR) is 123 cm³/mol. The van der Waals surface area contributed by atoms with Gasteiger partial charge in [-0.25, -0.2) is 10.4 Å². The van der Waals surface area contributed by atoms with Gasteiger partial charge >= 0.3 is 0 Å². The van der Waals surface area contributed by atoms with Crippen molar-refractivity contribution in [1.29, 1.82) is 0 Å². The summed E-state index contributed by atoms with van der Waals surface area (Å²) in [6.07, 6.45) is 4.43. The zero-order valence-corrected chi connectivity index (χ0v) is 19.4. The van der Waals surface area contributed by atoms with Crippen LogP contribution in [0.1, 0.15) is 29.5 Å². The molecule has 5 rings (SSSR count). The van der Waals surface area contributed by atoms with E-state index in [4.69, 9.17) is 9.15 Å². The standard InChI is InChI=1S/C24H23BrN4O3/c1-15-20(26-23(32-15)18-12-17(25)8-9-22(18)31-2)14-28-10-11-29-21(24(28)30)13-19(27-29)16-6-4-3-5-7-16/h3-12,19,21,27H,13-14H2,1-2H3. The van der Waals surface area contributed by atoms with Crippen LogP contribution in [0.15, 0.2) is 69.8 Å². The fraction of sp³-hybridized carbons (Fsp3) is 0.250. The molecule has 0 spiro atoms. The number of amides is 1. The summed E-state index contributed by atoms with van der Waals surface area (Å²) in [5.74, 6) is 1.87. The summed E-state index contributed by atoms with van der Waals surface area (Å²) in [7, 11) is 1.62. The maximum Gasteiger partial charge on any atom is 0.251 e. The van der Waals surface area contributed by atoms with Crippen molar-refractivity contribution in [3.8, 4) is 17.2 Å². The maximum atomic E-state index is 13.2. The number of fused-ring (bicyclic) bond motifs is 1. The molecule has 1 aromatic heterocycles. The molecule has 2 aromatic carbocycles. The van der Waals surface area contributed by atoms with Gasteiger partial charge in [-0.2, -0.15) is 0 Å². The molecule has 7 nitrogen and oxygen atoms in total. The average molecular weight is 495 g/mol. The quantitative estimate of drug-likeness (QED) is 0.560. The van der Waals surface area contributed by atoms with E-state index in [1.165, 1.54) is 5.56 Å². The van der Waals surface area contributed by atoms with E-state index >= 15 is 0 Å². The number of hydrazine groups is 1. The van der Waals surface area contributed by atoms with Crippen molar-refractivity contribution in [1.82, 2.24) is 20.3 Å². The van der Waals surface area contributed by atoms with Crippen molar-refractivity contribution >= 4 is 21.8 Å². The van der Waals surface area contributed by atoms with Gasteiger partial charge < -0.3 is 19.1 Å². The lowest BCUT2D eigenvalue weighted by Crippen LogP contribution is -2.47. The van der Waals surface area contributed by atoms with Gasteiger partial charge in [0.2, 0.25) is 5.89 Å². The lowest BCUT2D eigenvalue weighted by atomic mass is 10.0. The topological polar surface area (TPSA) is 70.8 Å². The second-order valence-corrected chi connectivity index (χ2v) is 8.80. The zero-order valence-electron chi connectivity index (χ0n) is 17.8. The Hall–Kier alpha value is -3.10. The van der Waals surface area contributed by atoms with Gasteiger partial charge in [-0.1, -0.05) is 46.3 Å². The van der Waals surface area contributed by atoms with E-state index in [1.807, 2.05) is 54.5 Å². The highest BCUT2D eigenvalue weighted by molar-refractivity contribution is 9.10. The first-order chi connectivity index (χ1) is 15.5. The summed E-state index contributed by atoms with van der Waals surface area (Å²) in [4.78, 5) is 19.6. The first kappa shape index (κ1) is 20.8. The van der Waals surface area contributed by atoms with Gasteiger partial charge in [-0.15, -0.1) is 0 Å². The van der Waals surface area contributed by atoms with E-state index in [1.54, 1.807) is 18.2 Å². The van der Waals surface area contributed by atoms with E-state index < -0.39 is 0 Å². The Balaban J connectivity index is 1.35. The summed E-state index contributed by atoms with van der Waals surface area (Å²) in [5.41, 5.74) is 6.08. The SMILES string of the molecule is COc1ccc(Br)cc1-c1nc(CN2C=CN3NC(c4ccccc4)CC3C2=O)c(C)o1. The van der Waals surface area contributed by atoms with E-state index in [-0.39, 0.29) is 18.0 Å². The molecule has 0 bridgehead atoms. The largest absolute Gasteiger partial charge is 0.496 e. The molecule has 0 radical (unpaired) electrons. The molecule has 2 atom stereocenters. The van der Waals surface area contributed by atoms with Crippen molar-refractivity contribution in [3.63, 3.8) is 0 Å². The smallest absolute Gasteiger partial charge is 0.251 e. The first-order valence-electron chi connectivity index (χ1n) is 10.4. The Morgan fingerprint density at radius 2 is 2.03 bits per heavy atom. The summed E-state index contributed by atoms with van der Waals surface area (Å²) < 4.78 is 12.3. The van der Waals surface area contributed by atoms with Crippen LogP contribution in [-0.4, -0.2) is 34.0 Å². The molecule has 1 amide bonds. The second-order valence-electron chi connectivity index (χ2n) is 7.88. The highest BCUT2D eigenvalue weighted by Gasteiger charge is 2.40. The number of rotatable bonds is 5. The summed E-state index contributed by atoms with van der Waals surface area (Å²) in [6.45, 7) is 2.21. The Morgan fingerprint density at radius 3 is 2.81 bits per heavy atom. The Bertz CT molecular complexity index is 1180. The number of aryl methyl sites for hydroxylation is 1. The van der Waals surface area contributed by atoms with E-state index in [2.05, 4.69) is 38.5 Å². The third-order valence-electron chi connectivity index (χ3n) is 5.88. The lowest BCUT2D eigenvalue weighted by molar-refractivity contribution is -0.135. The minimum atomic E-state index is -0.248. The fourth-order valence-corrected chi connectivity index (χ4v) is 4.53. The Morgan fingerprint density at radius 1 is 1.22 bits per heavy atom. The molecule has 2 unspecified atom stereocenters. The molecule has 0 aliphatic carbocycles. The van der Waals surface area contributed by atoms with Gasteiger partial charge in [0.15, 0.2) is 0 Å². The van der Waals surface area contributed by atoms with Crippen LogP contribution in [0.25, 0.3) is 11.5 Å². The van der Waals surface area contributed by atoms with Crippen LogP contribution in [0.3, 0.4) is 0 Å². The molecular weight excluding hydrogens is 472 g/mol. The average Bonchev–Trinajstić information content (AvgIpc) is 3.40. The van der Waals surface area contributed by atoms with Crippen molar-refractivity contribution in [2.75, 3.05) is 7.11 Å². The minimum absolute atomic E-state index is 0.0439. The van der Waals surface area contributed by atoms with Crippen LogP contribution < -0.4 is 10.2 Å². The van der Waals surface area contributed by atoms with Gasteiger partial charge in [-0.3, -0.25) is 4.79 Å². The van der Waals surface area contributed by atoms with E-state index in [0.29, 0.717) is 30.4 Å². The van der Waals surface area contributed by atoms with Crippen molar-refractivity contribution in [3.05, 3.63) is 82.4 Å². The van der Waals surface area contributed by atoms with Gasteiger partial charge in [0.05, 0.1) is 25.3 Å². The number of oxazole rings is 1. The molecule has 2 aliphatic heterocycles. The minimum Gasteiger partial charge on any atom is -0.496 e. The zero-order chi connectivity index (χ0) is 22.2. The number of carbonyl (C=O) groups is 1. The van der Waals surface area contributed by atoms with Gasteiger partial charge in [0.25, 0.3) is 5.91 Å². The van der Waals surface area contributed by atoms with Crippen LogP contribution in [0, 0.1) is 6.92 Å². The molecule has 2 aliphatic rings. The van der Waals surface area contributed by atoms with Crippen molar-refractivity contribution in [2.24, 2.45) is 0 Å². The predicted octanol–water partition coefficient (Wildman–Crippen LogP) is 4.55. The number of halogens is 1. The molecular formula is C24H23BrN4O3. The highest BCUT2D eigenvalue weighted by Crippen LogP contribution is 2.34. The van der Waals surface area contributed by atoms with Crippen LogP contribution in [0.5, 0.6) is 5.75 Å². The van der Waals surface area contributed by atoms with Gasteiger partial charge in [0.1, 0.15) is 23.2 Å². The molecule has 0 saturated carbocycles. The number of nitrogens with one attached hydrogen (secondary N) is 1. The summed E-state index contributed by atoms with van der Waals surface area (Å²) >= 11 is 3.49. The number of methoxy groups -OCH3 is 1. The third kappa shape index (κ3) is 3.80. The molecule has 8 heteroatoms. The number of nitrogens with zero attached hydrogens (tertiary/aromatic N) is 3. The number of ether oxygens (including phenoxy) is 1. The van der Waals surface area contributed by atoms with Crippen molar-refractivity contribution < 1.29 is 13.9 Å². The van der Waals surface area contributed by atoms with E-state index in [0.717, 1.165) is 15.7 Å². The molecule has 3 aromatic rings. The molecule has 164 valence electrons. The Labute approximate surface area is 194 Å².